The van der Waals surface area contributed by atoms with Crippen molar-refractivity contribution < 1.29 is 19.1 Å². The molecule has 5 heteroatoms. The third kappa shape index (κ3) is 4.09. The van der Waals surface area contributed by atoms with E-state index in [1.54, 1.807) is 36.4 Å². The van der Waals surface area contributed by atoms with E-state index in [0.29, 0.717) is 5.56 Å². The Morgan fingerprint density at radius 3 is 2.40 bits per heavy atom. The summed E-state index contributed by atoms with van der Waals surface area (Å²) in [5.41, 5.74) is 2.36. The van der Waals surface area contributed by atoms with Gasteiger partial charge in [0.1, 0.15) is 0 Å². The van der Waals surface area contributed by atoms with Gasteiger partial charge in [0.2, 0.25) is 5.90 Å². The molecule has 0 amide bonds. The zero-order valence-electron chi connectivity index (χ0n) is 13.5. The van der Waals surface area contributed by atoms with Gasteiger partial charge in [-0.3, -0.25) is 0 Å². The van der Waals surface area contributed by atoms with Crippen molar-refractivity contribution in [1.29, 1.82) is 0 Å². The van der Waals surface area contributed by atoms with Crippen LogP contribution in [-0.2, 0) is 14.3 Å². The van der Waals surface area contributed by atoms with E-state index >= 15 is 0 Å². The first-order valence-corrected chi connectivity index (χ1v) is 7.60. The fourth-order valence-electron chi connectivity index (χ4n) is 2.22. The lowest BCUT2D eigenvalue weighted by atomic mass is 10.1. The van der Waals surface area contributed by atoms with Gasteiger partial charge in [-0.2, -0.15) is 0 Å². The molecule has 0 unspecified atom stereocenters. The second-order valence-electron chi connectivity index (χ2n) is 5.23. The van der Waals surface area contributed by atoms with E-state index < -0.39 is 11.9 Å². The van der Waals surface area contributed by atoms with Crippen LogP contribution in [0, 0.1) is 0 Å². The third-order valence-corrected chi connectivity index (χ3v) is 3.49. The first-order chi connectivity index (χ1) is 12.2. The highest BCUT2D eigenvalue weighted by Crippen LogP contribution is 2.17. The summed E-state index contributed by atoms with van der Waals surface area (Å²) in [5.74, 6) is -0.679. The normalized spacial score (nSPS) is 15.3. The summed E-state index contributed by atoms with van der Waals surface area (Å²) in [6.07, 6.45) is 5.07. The number of ether oxygens (including phenoxy) is 2. The lowest BCUT2D eigenvalue weighted by Gasteiger charge is -1.99. The summed E-state index contributed by atoms with van der Waals surface area (Å²) >= 11 is 0. The van der Waals surface area contributed by atoms with Crippen LogP contribution in [0.1, 0.15) is 21.5 Å². The molecule has 1 aliphatic rings. The van der Waals surface area contributed by atoms with Gasteiger partial charge in [-0.15, -0.1) is 0 Å². The molecule has 0 aliphatic carbocycles. The highest BCUT2D eigenvalue weighted by molar-refractivity contribution is 6.11. The summed E-state index contributed by atoms with van der Waals surface area (Å²) in [5, 5.41) is 0. The number of carbonyl (C=O) groups excluding carboxylic acids is 2. The molecule has 124 valence electrons. The fourth-order valence-corrected chi connectivity index (χ4v) is 2.22. The average Bonchev–Trinajstić information content (AvgIpc) is 3.00. The topological polar surface area (TPSA) is 65.0 Å². The van der Waals surface area contributed by atoms with Crippen molar-refractivity contribution in [2.24, 2.45) is 4.99 Å². The predicted molar refractivity (Wildman–Crippen MR) is 94.8 cm³/mol. The first kappa shape index (κ1) is 16.4. The van der Waals surface area contributed by atoms with Crippen molar-refractivity contribution in [2.75, 3.05) is 7.11 Å². The quantitative estimate of drug-likeness (QED) is 0.635. The summed E-state index contributed by atoms with van der Waals surface area (Å²) in [4.78, 5) is 27.5. The number of hydrogen-bond acceptors (Lipinski definition) is 5. The standard InChI is InChI=1S/C20H15NO4/c1-24-19(22)16-10-7-15(8-11-16)13-17-20(23)25-18(21-17)12-9-14-5-3-2-4-6-14/h2-13H,1H3/b12-9+,17-13-. The van der Waals surface area contributed by atoms with E-state index in [4.69, 9.17) is 4.74 Å². The van der Waals surface area contributed by atoms with Gasteiger partial charge in [-0.1, -0.05) is 42.5 Å². The molecule has 0 spiro atoms. The number of carbonyl (C=O) groups is 2. The molecule has 0 aromatic heterocycles. The van der Waals surface area contributed by atoms with Crippen molar-refractivity contribution in [3.63, 3.8) is 0 Å². The summed E-state index contributed by atoms with van der Waals surface area (Å²) in [7, 11) is 1.33. The SMILES string of the molecule is COC(=O)c1ccc(/C=C2N=C(/C=C/c3ccccc3)OC\2=O)cc1. The van der Waals surface area contributed by atoms with E-state index in [0.717, 1.165) is 11.1 Å². The summed E-state index contributed by atoms with van der Waals surface area (Å²) < 4.78 is 9.78. The van der Waals surface area contributed by atoms with Crippen molar-refractivity contribution in [1.82, 2.24) is 0 Å². The summed E-state index contributed by atoms with van der Waals surface area (Å²) in [6.45, 7) is 0. The maximum absolute atomic E-state index is 11.9. The molecule has 0 fully saturated rings. The minimum atomic E-state index is -0.509. The summed E-state index contributed by atoms with van der Waals surface area (Å²) in [6, 6.07) is 16.3. The Labute approximate surface area is 144 Å². The van der Waals surface area contributed by atoms with Crippen molar-refractivity contribution >= 4 is 30.0 Å². The van der Waals surface area contributed by atoms with Crippen LogP contribution in [0.4, 0.5) is 0 Å². The third-order valence-electron chi connectivity index (χ3n) is 3.49. The van der Waals surface area contributed by atoms with Gasteiger partial charge in [0.25, 0.3) is 0 Å². The van der Waals surface area contributed by atoms with Crippen molar-refractivity contribution in [3.8, 4) is 0 Å². The number of cyclic esters (lactones) is 1. The molecule has 0 saturated carbocycles. The molecule has 5 nitrogen and oxygen atoms in total. The highest BCUT2D eigenvalue weighted by Gasteiger charge is 2.21. The molecule has 2 aromatic rings. The van der Waals surface area contributed by atoms with Crippen LogP contribution in [0.2, 0.25) is 0 Å². The van der Waals surface area contributed by atoms with Gasteiger partial charge in [0, 0.05) is 6.08 Å². The van der Waals surface area contributed by atoms with E-state index in [1.807, 2.05) is 36.4 Å². The van der Waals surface area contributed by atoms with E-state index in [-0.39, 0.29) is 11.6 Å². The average molecular weight is 333 g/mol. The van der Waals surface area contributed by atoms with Gasteiger partial charge < -0.3 is 9.47 Å². The first-order valence-electron chi connectivity index (χ1n) is 7.60. The number of nitrogens with zero attached hydrogens (tertiary/aromatic N) is 1. The smallest absolute Gasteiger partial charge is 0.363 e. The largest absolute Gasteiger partial charge is 0.465 e. The molecular formula is C20H15NO4. The molecule has 0 bridgehead atoms. The molecule has 0 radical (unpaired) electrons. The number of hydrogen-bond donors (Lipinski definition) is 0. The number of methoxy groups -OCH3 is 1. The molecular weight excluding hydrogens is 318 g/mol. The molecule has 2 aromatic carbocycles. The van der Waals surface area contributed by atoms with Gasteiger partial charge in [0.15, 0.2) is 5.70 Å². The Balaban J connectivity index is 1.76. The molecule has 3 rings (SSSR count). The van der Waals surface area contributed by atoms with Crippen LogP contribution < -0.4 is 0 Å². The van der Waals surface area contributed by atoms with E-state index in [2.05, 4.69) is 9.73 Å². The van der Waals surface area contributed by atoms with Crippen LogP contribution in [0.5, 0.6) is 0 Å². The molecule has 1 aliphatic heterocycles. The van der Waals surface area contributed by atoms with Crippen molar-refractivity contribution in [3.05, 3.63) is 83.1 Å². The zero-order valence-corrected chi connectivity index (χ0v) is 13.5. The predicted octanol–water partition coefficient (Wildman–Crippen LogP) is 3.48. The van der Waals surface area contributed by atoms with Gasteiger partial charge in [-0.25, -0.2) is 14.6 Å². The Hall–Kier alpha value is -3.47. The Morgan fingerprint density at radius 1 is 1.00 bits per heavy atom. The van der Waals surface area contributed by atoms with Crippen molar-refractivity contribution in [2.45, 2.75) is 0 Å². The van der Waals surface area contributed by atoms with E-state index in [9.17, 15) is 9.59 Å². The van der Waals surface area contributed by atoms with Gasteiger partial charge in [-0.05, 0) is 35.4 Å². The maximum atomic E-state index is 11.9. The Bertz CT molecular complexity index is 878. The maximum Gasteiger partial charge on any atom is 0.363 e. The van der Waals surface area contributed by atoms with Crippen LogP contribution in [-0.4, -0.2) is 24.9 Å². The number of esters is 2. The minimum Gasteiger partial charge on any atom is -0.465 e. The van der Waals surface area contributed by atoms with Gasteiger partial charge >= 0.3 is 11.9 Å². The van der Waals surface area contributed by atoms with Crippen LogP contribution in [0.25, 0.3) is 12.2 Å². The van der Waals surface area contributed by atoms with E-state index in [1.165, 1.54) is 7.11 Å². The second-order valence-corrected chi connectivity index (χ2v) is 5.23. The molecule has 0 atom stereocenters. The minimum absolute atomic E-state index is 0.207. The number of aliphatic imine (C=N–C) groups is 1. The molecule has 0 N–H and O–H groups in total. The van der Waals surface area contributed by atoms with Gasteiger partial charge in [0.05, 0.1) is 12.7 Å². The zero-order chi connectivity index (χ0) is 17.6. The Morgan fingerprint density at radius 2 is 1.72 bits per heavy atom. The molecule has 0 saturated heterocycles. The lowest BCUT2D eigenvalue weighted by Crippen LogP contribution is -2.01. The molecule has 1 heterocycles. The fraction of sp³-hybridized carbons (Fsp3) is 0.0500. The van der Waals surface area contributed by atoms with Crippen LogP contribution in [0.3, 0.4) is 0 Å². The highest BCUT2D eigenvalue weighted by atomic mass is 16.6. The lowest BCUT2D eigenvalue weighted by molar-refractivity contribution is -0.129. The monoisotopic (exact) mass is 333 g/mol. The second kappa shape index (κ2) is 7.40. The molecule has 25 heavy (non-hydrogen) atoms. The number of benzene rings is 2. The van der Waals surface area contributed by atoms with Crippen LogP contribution in [0.15, 0.2) is 71.4 Å². The number of rotatable bonds is 4. The van der Waals surface area contributed by atoms with Crippen LogP contribution >= 0.6 is 0 Å². The Kier molecular flexibility index (Phi) is 4.85.